The normalized spacial score (nSPS) is 11.8. The Hall–Kier alpha value is -3.11. The van der Waals surface area contributed by atoms with Gasteiger partial charge in [-0.3, -0.25) is 4.79 Å². The van der Waals surface area contributed by atoms with Crippen molar-refractivity contribution in [2.75, 3.05) is 20.6 Å². The molecule has 1 atom stereocenters. The van der Waals surface area contributed by atoms with Crippen LogP contribution in [0.1, 0.15) is 27.5 Å². The van der Waals surface area contributed by atoms with E-state index < -0.39 is 0 Å². The van der Waals surface area contributed by atoms with Crippen molar-refractivity contribution in [3.63, 3.8) is 0 Å². The van der Waals surface area contributed by atoms with Crippen LogP contribution < -0.4 is 10.1 Å². The van der Waals surface area contributed by atoms with Crippen LogP contribution in [0.4, 0.5) is 0 Å². The molecule has 0 fully saturated rings. The lowest BCUT2D eigenvalue weighted by Crippen LogP contribution is -2.35. The van der Waals surface area contributed by atoms with E-state index in [9.17, 15) is 4.79 Å². The predicted molar refractivity (Wildman–Crippen MR) is 112 cm³/mol. The molecule has 0 aliphatic rings. The van der Waals surface area contributed by atoms with Crippen LogP contribution in [0.25, 0.3) is 0 Å². The number of benzene rings is 3. The molecule has 28 heavy (non-hydrogen) atoms. The average Bonchev–Trinajstić information content (AvgIpc) is 2.73. The Labute approximate surface area is 166 Å². The first-order valence-electron chi connectivity index (χ1n) is 9.39. The summed E-state index contributed by atoms with van der Waals surface area (Å²) in [5, 5.41) is 3.14. The summed E-state index contributed by atoms with van der Waals surface area (Å²) in [5.74, 6) is 0.651. The molecule has 3 aromatic carbocycles. The Morgan fingerprint density at radius 3 is 2.11 bits per heavy atom. The van der Waals surface area contributed by atoms with Crippen molar-refractivity contribution in [1.82, 2.24) is 10.2 Å². The second-order valence-corrected chi connectivity index (χ2v) is 7.00. The summed E-state index contributed by atoms with van der Waals surface area (Å²) in [6.07, 6.45) is 0. The van der Waals surface area contributed by atoms with Gasteiger partial charge < -0.3 is 15.0 Å². The highest BCUT2D eigenvalue weighted by Gasteiger charge is 2.16. The Morgan fingerprint density at radius 1 is 0.893 bits per heavy atom. The lowest BCUT2D eigenvalue weighted by molar-refractivity contribution is 0.0930. The van der Waals surface area contributed by atoms with Gasteiger partial charge in [-0.2, -0.15) is 0 Å². The van der Waals surface area contributed by atoms with Gasteiger partial charge >= 0.3 is 0 Å². The van der Waals surface area contributed by atoms with Gasteiger partial charge in [-0.25, -0.2) is 0 Å². The summed E-state index contributed by atoms with van der Waals surface area (Å²) in [7, 11) is 4.00. The molecule has 3 rings (SSSR count). The second-order valence-electron chi connectivity index (χ2n) is 7.00. The van der Waals surface area contributed by atoms with Crippen molar-refractivity contribution in [1.29, 1.82) is 0 Å². The van der Waals surface area contributed by atoms with E-state index in [1.54, 1.807) is 12.1 Å². The van der Waals surface area contributed by atoms with E-state index in [0.29, 0.717) is 12.2 Å². The molecule has 0 radical (unpaired) electrons. The van der Waals surface area contributed by atoms with E-state index in [2.05, 4.69) is 10.2 Å². The number of nitrogens with zero attached hydrogens (tertiary/aromatic N) is 1. The van der Waals surface area contributed by atoms with Gasteiger partial charge in [-0.05, 0) is 49.5 Å². The minimum atomic E-state index is -0.0923. The summed E-state index contributed by atoms with van der Waals surface area (Å²) in [6.45, 7) is 1.24. The fourth-order valence-corrected chi connectivity index (χ4v) is 2.97. The largest absolute Gasteiger partial charge is 0.489 e. The average molecular weight is 374 g/mol. The number of likely N-dealkylation sites (N-methyl/N-ethyl adjacent to an activating group) is 1. The molecule has 0 spiro atoms. The van der Waals surface area contributed by atoms with Gasteiger partial charge in [-0.15, -0.1) is 0 Å². The molecule has 3 aromatic rings. The standard InChI is InChI=1S/C24H26N2O2/c1-26(2)17-23(20-11-7-4-8-12-20)25-24(27)21-13-15-22(16-14-21)28-18-19-9-5-3-6-10-19/h3-16,23H,17-18H2,1-2H3,(H,25,27)/t23-/m0/s1. The lowest BCUT2D eigenvalue weighted by atomic mass is 10.1. The first kappa shape index (κ1) is 19.6. The van der Waals surface area contributed by atoms with E-state index in [1.165, 1.54) is 0 Å². The number of hydrogen-bond acceptors (Lipinski definition) is 3. The van der Waals surface area contributed by atoms with Crippen molar-refractivity contribution in [2.24, 2.45) is 0 Å². The van der Waals surface area contributed by atoms with Gasteiger partial charge in [-0.1, -0.05) is 60.7 Å². The Bertz CT molecular complexity index is 862. The Balaban J connectivity index is 1.62. The fraction of sp³-hybridized carbons (Fsp3) is 0.208. The molecule has 0 bridgehead atoms. The zero-order chi connectivity index (χ0) is 19.8. The minimum absolute atomic E-state index is 0.0716. The molecular weight excluding hydrogens is 348 g/mol. The van der Waals surface area contributed by atoms with E-state index in [-0.39, 0.29) is 11.9 Å². The molecule has 1 N–H and O–H groups in total. The molecule has 4 heteroatoms. The van der Waals surface area contributed by atoms with E-state index in [1.807, 2.05) is 86.9 Å². The van der Waals surface area contributed by atoms with E-state index in [0.717, 1.165) is 23.4 Å². The molecule has 0 aliphatic carbocycles. The molecule has 0 saturated heterocycles. The van der Waals surface area contributed by atoms with Crippen molar-refractivity contribution < 1.29 is 9.53 Å². The maximum atomic E-state index is 12.7. The quantitative estimate of drug-likeness (QED) is 0.639. The van der Waals surface area contributed by atoms with Gasteiger partial charge in [0, 0.05) is 12.1 Å². The summed E-state index contributed by atoms with van der Waals surface area (Å²) < 4.78 is 5.79. The summed E-state index contributed by atoms with van der Waals surface area (Å²) in [4.78, 5) is 14.8. The highest BCUT2D eigenvalue weighted by atomic mass is 16.5. The van der Waals surface area contributed by atoms with Crippen molar-refractivity contribution in [2.45, 2.75) is 12.6 Å². The van der Waals surface area contributed by atoms with Crippen LogP contribution in [-0.2, 0) is 6.61 Å². The number of carbonyl (C=O) groups excluding carboxylic acids is 1. The molecule has 0 saturated carbocycles. The van der Waals surface area contributed by atoms with Crippen LogP contribution in [0.5, 0.6) is 5.75 Å². The zero-order valence-corrected chi connectivity index (χ0v) is 16.3. The van der Waals surface area contributed by atoms with Crippen molar-refractivity contribution in [3.8, 4) is 5.75 Å². The van der Waals surface area contributed by atoms with E-state index >= 15 is 0 Å². The monoisotopic (exact) mass is 374 g/mol. The number of rotatable bonds is 8. The molecule has 0 aromatic heterocycles. The first-order chi connectivity index (χ1) is 13.6. The van der Waals surface area contributed by atoms with Crippen LogP contribution >= 0.6 is 0 Å². The van der Waals surface area contributed by atoms with Crippen molar-refractivity contribution >= 4 is 5.91 Å². The summed E-state index contributed by atoms with van der Waals surface area (Å²) in [5.41, 5.74) is 2.82. The highest BCUT2D eigenvalue weighted by molar-refractivity contribution is 5.94. The van der Waals surface area contributed by atoms with Gasteiger partial charge in [0.2, 0.25) is 0 Å². The summed E-state index contributed by atoms with van der Waals surface area (Å²) in [6, 6.07) is 27.2. The van der Waals surface area contributed by atoms with E-state index in [4.69, 9.17) is 4.74 Å². The maximum absolute atomic E-state index is 12.7. The smallest absolute Gasteiger partial charge is 0.251 e. The predicted octanol–water partition coefficient (Wildman–Crippen LogP) is 4.30. The Morgan fingerprint density at radius 2 is 1.50 bits per heavy atom. The highest BCUT2D eigenvalue weighted by Crippen LogP contribution is 2.17. The molecule has 144 valence electrons. The fourth-order valence-electron chi connectivity index (χ4n) is 2.97. The first-order valence-corrected chi connectivity index (χ1v) is 9.39. The molecule has 0 unspecified atom stereocenters. The number of hydrogen-bond donors (Lipinski definition) is 1. The molecular formula is C24H26N2O2. The summed E-state index contributed by atoms with van der Waals surface area (Å²) >= 11 is 0. The second kappa shape index (κ2) is 9.72. The zero-order valence-electron chi connectivity index (χ0n) is 16.3. The number of nitrogens with one attached hydrogen (secondary N) is 1. The lowest BCUT2D eigenvalue weighted by Gasteiger charge is -2.23. The van der Waals surface area contributed by atoms with Gasteiger partial charge in [0.15, 0.2) is 0 Å². The topological polar surface area (TPSA) is 41.6 Å². The van der Waals surface area contributed by atoms with Crippen LogP contribution in [0.2, 0.25) is 0 Å². The SMILES string of the molecule is CN(C)C[C@H](NC(=O)c1ccc(OCc2ccccc2)cc1)c1ccccc1. The number of carbonyl (C=O) groups is 1. The molecule has 1 amide bonds. The maximum Gasteiger partial charge on any atom is 0.251 e. The van der Waals surface area contributed by atoms with Gasteiger partial charge in [0.1, 0.15) is 12.4 Å². The third kappa shape index (κ3) is 5.69. The number of amides is 1. The Kier molecular flexibility index (Phi) is 6.82. The number of ether oxygens (including phenoxy) is 1. The minimum Gasteiger partial charge on any atom is -0.489 e. The van der Waals surface area contributed by atoms with Gasteiger partial charge in [0.05, 0.1) is 6.04 Å². The van der Waals surface area contributed by atoms with Crippen molar-refractivity contribution in [3.05, 3.63) is 102 Å². The van der Waals surface area contributed by atoms with Gasteiger partial charge in [0.25, 0.3) is 5.91 Å². The van der Waals surface area contributed by atoms with Crippen LogP contribution in [0.3, 0.4) is 0 Å². The molecule has 0 heterocycles. The third-order valence-corrected chi connectivity index (χ3v) is 4.42. The molecule has 0 aliphatic heterocycles. The molecule has 4 nitrogen and oxygen atoms in total. The van der Waals surface area contributed by atoms with Crippen LogP contribution in [0.15, 0.2) is 84.9 Å². The third-order valence-electron chi connectivity index (χ3n) is 4.42. The van der Waals surface area contributed by atoms with Crippen LogP contribution in [0, 0.1) is 0 Å². The van der Waals surface area contributed by atoms with Crippen LogP contribution in [-0.4, -0.2) is 31.4 Å².